The second kappa shape index (κ2) is 6.20. The van der Waals surface area contributed by atoms with E-state index in [1.165, 1.54) is 23.9 Å². The second-order valence-corrected chi connectivity index (χ2v) is 4.66. The Hall–Kier alpha value is -1.82. The summed E-state index contributed by atoms with van der Waals surface area (Å²) in [4.78, 5) is 23.0. The molecule has 18 heavy (non-hydrogen) atoms. The summed E-state index contributed by atoms with van der Waals surface area (Å²) in [6, 6.07) is 4.50. The molecule has 0 fully saturated rings. The van der Waals surface area contributed by atoms with E-state index in [2.05, 4.69) is 11.9 Å². The highest BCUT2D eigenvalue weighted by Crippen LogP contribution is 2.24. The summed E-state index contributed by atoms with van der Waals surface area (Å²) in [6.07, 6.45) is 1.84. The molecule has 1 aromatic carbocycles. The van der Waals surface area contributed by atoms with Crippen molar-refractivity contribution in [3.63, 3.8) is 0 Å². The summed E-state index contributed by atoms with van der Waals surface area (Å²) in [5, 5.41) is 13.5. The minimum atomic E-state index is -0.556. The molecule has 5 nitrogen and oxygen atoms in total. The number of hydrogen-bond acceptors (Lipinski definition) is 4. The molecule has 0 heterocycles. The first kappa shape index (κ1) is 14.2. The summed E-state index contributed by atoms with van der Waals surface area (Å²) in [7, 11) is 0. The highest BCUT2D eigenvalue weighted by molar-refractivity contribution is 7.98. The van der Waals surface area contributed by atoms with Gasteiger partial charge in [0, 0.05) is 17.5 Å². The van der Waals surface area contributed by atoms with Crippen molar-refractivity contribution in [3.8, 4) is 0 Å². The average Bonchev–Trinajstić information content (AvgIpc) is 2.34. The fraction of sp³-hybridized carbons (Fsp3) is 0.250. The molecule has 0 aromatic heterocycles. The van der Waals surface area contributed by atoms with Gasteiger partial charge in [-0.15, -0.1) is 11.8 Å². The Balaban J connectivity index is 3.06. The van der Waals surface area contributed by atoms with Crippen molar-refractivity contribution < 1.29 is 9.72 Å². The molecule has 0 atom stereocenters. The van der Waals surface area contributed by atoms with Gasteiger partial charge in [-0.2, -0.15) is 0 Å². The third-order valence-electron chi connectivity index (χ3n) is 2.20. The summed E-state index contributed by atoms with van der Waals surface area (Å²) in [6.45, 7) is 5.74. The van der Waals surface area contributed by atoms with Crippen LogP contribution in [0.4, 0.5) is 5.69 Å². The van der Waals surface area contributed by atoms with Crippen LogP contribution in [0.25, 0.3) is 0 Å². The molecule has 1 N–H and O–H groups in total. The van der Waals surface area contributed by atoms with Crippen molar-refractivity contribution in [2.75, 3.05) is 12.8 Å². The van der Waals surface area contributed by atoms with E-state index in [4.69, 9.17) is 0 Å². The van der Waals surface area contributed by atoms with Crippen LogP contribution in [0.5, 0.6) is 0 Å². The van der Waals surface area contributed by atoms with Crippen LogP contribution in [-0.4, -0.2) is 23.6 Å². The molecule has 0 radical (unpaired) electrons. The second-order valence-electron chi connectivity index (χ2n) is 3.78. The summed E-state index contributed by atoms with van der Waals surface area (Å²) in [5.41, 5.74) is 0.673. The van der Waals surface area contributed by atoms with Crippen molar-refractivity contribution in [3.05, 3.63) is 46.0 Å². The monoisotopic (exact) mass is 266 g/mol. The number of amides is 1. The summed E-state index contributed by atoms with van der Waals surface area (Å²) < 4.78 is 0. The van der Waals surface area contributed by atoms with Crippen molar-refractivity contribution in [2.45, 2.75) is 11.8 Å². The summed E-state index contributed by atoms with van der Waals surface area (Å²) in [5.74, 6) is -0.458. The van der Waals surface area contributed by atoms with E-state index >= 15 is 0 Å². The smallest absolute Gasteiger partial charge is 0.282 e. The van der Waals surface area contributed by atoms with E-state index in [0.717, 1.165) is 10.5 Å². The minimum Gasteiger partial charge on any atom is -0.348 e. The number of nitro benzene ring substituents is 1. The number of nitro groups is 1. The number of hydrogen-bond donors (Lipinski definition) is 1. The molecule has 0 unspecified atom stereocenters. The molecule has 0 spiro atoms. The van der Waals surface area contributed by atoms with E-state index in [-0.39, 0.29) is 11.3 Å². The maximum atomic E-state index is 11.9. The number of carbonyl (C=O) groups excluding carboxylic acids is 1. The van der Waals surface area contributed by atoms with Crippen molar-refractivity contribution in [2.24, 2.45) is 0 Å². The fourth-order valence-corrected chi connectivity index (χ4v) is 1.75. The number of carbonyl (C=O) groups is 1. The van der Waals surface area contributed by atoms with Gasteiger partial charge in [0.1, 0.15) is 5.56 Å². The number of rotatable bonds is 5. The van der Waals surface area contributed by atoms with E-state index < -0.39 is 10.8 Å². The molecule has 0 saturated heterocycles. The Morgan fingerprint density at radius 3 is 2.72 bits per heavy atom. The highest BCUT2D eigenvalue weighted by Gasteiger charge is 2.20. The third kappa shape index (κ3) is 3.59. The Kier molecular flexibility index (Phi) is 4.91. The van der Waals surface area contributed by atoms with Crippen LogP contribution < -0.4 is 5.32 Å². The van der Waals surface area contributed by atoms with Crippen LogP contribution in [0.2, 0.25) is 0 Å². The van der Waals surface area contributed by atoms with Gasteiger partial charge < -0.3 is 5.32 Å². The fourth-order valence-electron chi connectivity index (χ4n) is 1.31. The average molecular weight is 266 g/mol. The first-order valence-corrected chi connectivity index (χ1v) is 6.43. The van der Waals surface area contributed by atoms with Crippen LogP contribution in [0.1, 0.15) is 17.3 Å². The van der Waals surface area contributed by atoms with Crippen molar-refractivity contribution in [1.82, 2.24) is 5.32 Å². The molecule has 0 aliphatic carbocycles. The Bertz CT molecular complexity index is 500. The SMILES string of the molecule is C=C(C)CNC(=O)c1cc(SC)ccc1[N+](=O)[O-]. The van der Waals surface area contributed by atoms with Crippen LogP contribution in [0.15, 0.2) is 35.2 Å². The molecule has 96 valence electrons. The zero-order valence-corrected chi connectivity index (χ0v) is 11.0. The van der Waals surface area contributed by atoms with E-state index in [0.29, 0.717) is 6.54 Å². The Morgan fingerprint density at radius 1 is 1.56 bits per heavy atom. The third-order valence-corrected chi connectivity index (χ3v) is 2.92. The van der Waals surface area contributed by atoms with Gasteiger partial charge in [-0.3, -0.25) is 14.9 Å². The van der Waals surface area contributed by atoms with E-state index in [1.54, 1.807) is 13.0 Å². The molecular weight excluding hydrogens is 252 g/mol. The van der Waals surface area contributed by atoms with Gasteiger partial charge in [0.2, 0.25) is 0 Å². The predicted octanol–water partition coefficient (Wildman–Crippen LogP) is 2.62. The normalized spacial score (nSPS) is 9.89. The van der Waals surface area contributed by atoms with Gasteiger partial charge in [0.15, 0.2) is 0 Å². The number of benzene rings is 1. The molecule has 1 rings (SSSR count). The number of nitrogens with zero attached hydrogens (tertiary/aromatic N) is 1. The van der Waals surface area contributed by atoms with E-state index in [9.17, 15) is 14.9 Å². The van der Waals surface area contributed by atoms with Crippen LogP contribution in [0.3, 0.4) is 0 Å². The minimum absolute atomic E-state index is 0.0769. The lowest BCUT2D eigenvalue weighted by Gasteiger charge is -2.06. The number of thioether (sulfide) groups is 1. The molecule has 0 aliphatic heterocycles. The molecule has 1 amide bonds. The van der Waals surface area contributed by atoms with Gasteiger partial charge in [0.05, 0.1) is 4.92 Å². The Morgan fingerprint density at radius 2 is 2.22 bits per heavy atom. The Labute approximate surface area is 109 Å². The molecule has 6 heteroatoms. The number of nitrogens with one attached hydrogen (secondary N) is 1. The predicted molar refractivity (Wildman–Crippen MR) is 72.0 cm³/mol. The first-order valence-electron chi connectivity index (χ1n) is 5.20. The zero-order chi connectivity index (χ0) is 13.7. The molecule has 0 aliphatic rings. The lowest BCUT2D eigenvalue weighted by atomic mass is 10.1. The molecule has 1 aromatic rings. The van der Waals surface area contributed by atoms with Crippen molar-refractivity contribution >= 4 is 23.4 Å². The standard InChI is InChI=1S/C12H14N2O3S/c1-8(2)7-13-12(15)10-6-9(18-3)4-5-11(10)14(16)17/h4-6H,1,7H2,2-3H3,(H,13,15). The quantitative estimate of drug-likeness (QED) is 0.385. The van der Waals surface area contributed by atoms with Crippen LogP contribution in [0, 0.1) is 10.1 Å². The lowest BCUT2D eigenvalue weighted by Crippen LogP contribution is -2.25. The zero-order valence-electron chi connectivity index (χ0n) is 10.2. The molecule has 0 saturated carbocycles. The van der Waals surface area contributed by atoms with Gasteiger partial charge >= 0.3 is 0 Å². The van der Waals surface area contributed by atoms with Crippen LogP contribution in [-0.2, 0) is 0 Å². The van der Waals surface area contributed by atoms with Gasteiger partial charge in [0.25, 0.3) is 11.6 Å². The largest absolute Gasteiger partial charge is 0.348 e. The van der Waals surface area contributed by atoms with Gasteiger partial charge in [-0.25, -0.2) is 0 Å². The van der Waals surface area contributed by atoms with Crippen molar-refractivity contribution in [1.29, 1.82) is 0 Å². The van der Waals surface area contributed by atoms with E-state index in [1.807, 2.05) is 6.26 Å². The molecule has 0 bridgehead atoms. The topological polar surface area (TPSA) is 72.2 Å². The lowest BCUT2D eigenvalue weighted by molar-refractivity contribution is -0.385. The maximum absolute atomic E-state index is 11.9. The first-order chi connectivity index (χ1) is 8.45. The van der Waals surface area contributed by atoms with Crippen LogP contribution >= 0.6 is 11.8 Å². The molecular formula is C12H14N2O3S. The highest BCUT2D eigenvalue weighted by atomic mass is 32.2. The summed E-state index contributed by atoms with van der Waals surface area (Å²) >= 11 is 1.43. The van der Waals surface area contributed by atoms with Gasteiger partial charge in [-0.1, -0.05) is 12.2 Å². The maximum Gasteiger partial charge on any atom is 0.282 e. The van der Waals surface area contributed by atoms with Gasteiger partial charge in [-0.05, 0) is 25.3 Å².